The van der Waals surface area contributed by atoms with Crippen LogP contribution < -0.4 is 28.3 Å². The van der Waals surface area contributed by atoms with Gasteiger partial charge in [0.15, 0.2) is 5.82 Å². The second-order valence-electron chi connectivity index (χ2n) is 1.84. The molecule has 0 atom stereocenters. The number of hydrogen-bond donors (Lipinski definition) is 5. The highest BCUT2D eigenvalue weighted by molar-refractivity contribution is 5.57. The number of H-pyrrole nitrogens is 2. The van der Waals surface area contributed by atoms with Gasteiger partial charge in [-0.3, -0.25) is 14.8 Å². The molecule has 0 saturated heterocycles. The average molecular weight is 157 g/mol. The molecule has 0 radical (unpaired) electrons. The van der Waals surface area contributed by atoms with Gasteiger partial charge in [0.1, 0.15) is 5.69 Å². The number of nitrogens with two attached hydrogens (primary N) is 2. The van der Waals surface area contributed by atoms with Crippen LogP contribution in [0, 0.1) is 0 Å². The lowest BCUT2D eigenvalue weighted by atomic mass is 10.5. The summed E-state index contributed by atoms with van der Waals surface area (Å²) in [6.07, 6.45) is 0. The SMILES string of the molecule is NNc1[nH]c(=O)[nH]c(=O)c1N. The van der Waals surface area contributed by atoms with Gasteiger partial charge in [-0.05, 0) is 0 Å². The van der Waals surface area contributed by atoms with Gasteiger partial charge in [0.05, 0.1) is 0 Å². The lowest BCUT2D eigenvalue weighted by Crippen LogP contribution is -2.28. The molecule has 7 nitrogen and oxygen atoms in total. The van der Waals surface area contributed by atoms with Crippen molar-refractivity contribution in [2.24, 2.45) is 5.84 Å². The third-order valence-corrected chi connectivity index (χ3v) is 1.12. The molecule has 11 heavy (non-hydrogen) atoms. The molecule has 1 aromatic rings. The van der Waals surface area contributed by atoms with Crippen molar-refractivity contribution in [3.8, 4) is 0 Å². The van der Waals surface area contributed by atoms with Crippen molar-refractivity contribution in [2.45, 2.75) is 0 Å². The fourth-order valence-corrected chi connectivity index (χ4v) is 0.610. The molecule has 60 valence electrons. The molecule has 0 spiro atoms. The van der Waals surface area contributed by atoms with Gasteiger partial charge < -0.3 is 11.2 Å². The summed E-state index contributed by atoms with van der Waals surface area (Å²) in [5.41, 5.74) is 5.82. The summed E-state index contributed by atoms with van der Waals surface area (Å²) in [5.74, 6) is 4.95. The zero-order valence-electron chi connectivity index (χ0n) is 5.47. The molecule has 0 aliphatic carbocycles. The molecule has 7 heteroatoms. The number of rotatable bonds is 1. The van der Waals surface area contributed by atoms with Crippen LogP contribution in [0.3, 0.4) is 0 Å². The van der Waals surface area contributed by atoms with Gasteiger partial charge in [-0.15, -0.1) is 0 Å². The molecule has 0 bridgehead atoms. The topological polar surface area (TPSA) is 130 Å². The molecule has 0 aliphatic heterocycles. The number of nitrogen functional groups attached to an aromatic ring is 2. The second-order valence-corrected chi connectivity index (χ2v) is 1.84. The Balaban J connectivity index is 3.49. The zero-order chi connectivity index (χ0) is 8.43. The van der Waals surface area contributed by atoms with E-state index in [9.17, 15) is 9.59 Å². The van der Waals surface area contributed by atoms with Crippen LogP contribution in [0.15, 0.2) is 9.59 Å². The summed E-state index contributed by atoms with van der Waals surface area (Å²) in [4.78, 5) is 25.4. The number of anilines is 2. The van der Waals surface area contributed by atoms with Crippen LogP contribution in [0.2, 0.25) is 0 Å². The third-order valence-electron chi connectivity index (χ3n) is 1.12. The summed E-state index contributed by atoms with van der Waals surface area (Å²) < 4.78 is 0. The number of hydrazine groups is 1. The predicted molar refractivity (Wildman–Crippen MR) is 39.9 cm³/mol. The third kappa shape index (κ3) is 1.22. The molecular formula is C4H7N5O2. The lowest BCUT2D eigenvalue weighted by molar-refractivity contribution is 1.03. The van der Waals surface area contributed by atoms with E-state index in [4.69, 9.17) is 11.6 Å². The van der Waals surface area contributed by atoms with Gasteiger partial charge in [0.2, 0.25) is 0 Å². The standard InChI is InChI=1S/C4H7N5O2/c5-1-2(9-6)7-4(11)8-3(1)10/h5-6H2,(H3,7,8,9,10,11). The maximum Gasteiger partial charge on any atom is 0.327 e. The Kier molecular flexibility index (Phi) is 1.65. The fraction of sp³-hybridized carbons (Fsp3) is 0. The van der Waals surface area contributed by atoms with Crippen molar-refractivity contribution < 1.29 is 0 Å². The highest BCUT2D eigenvalue weighted by Crippen LogP contribution is 2.01. The van der Waals surface area contributed by atoms with Gasteiger partial charge in [-0.1, -0.05) is 0 Å². The summed E-state index contributed by atoms with van der Waals surface area (Å²) in [7, 11) is 0. The molecule has 0 aliphatic rings. The van der Waals surface area contributed by atoms with E-state index in [-0.39, 0.29) is 11.5 Å². The first-order chi connectivity index (χ1) is 5.15. The van der Waals surface area contributed by atoms with E-state index in [2.05, 4.69) is 10.4 Å². The number of nitrogens with one attached hydrogen (secondary N) is 3. The van der Waals surface area contributed by atoms with E-state index in [1.807, 2.05) is 4.98 Å². The van der Waals surface area contributed by atoms with Gasteiger partial charge >= 0.3 is 5.69 Å². The van der Waals surface area contributed by atoms with Gasteiger partial charge in [-0.25, -0.2) is 10.6 Å². The molecular weight excluding hydrogens is 150 g/mol. The van der Waals surface area contributed by atoms with Crippen LogP contribution in [-0.2, 0) is 0 Å². The fourth-order valence-electron chi connectivity index (χ4n) is 0.610. The van der Waals surface area contributed by atoms with Crippen LogP contribution in [0.1, 0.15) is 0 Å². The minimum atomic E-state index is -0.665. The number of aromatic nitrogens is 2. The Morgan fingerprint density at radius 2 is 1.91 bits per heavy atom. The lowest BCUT2D eigenvalue weighted by Gasteiger charge is -2.00. The van der Waals surface area contributed by atoms with E-state index >= 15 is 0 Å². The van der Waals surface area contributed by atoms with Gasteiger partial charge in [0.25, 0.3) is 5.56 Å². The van der Waals surface area contributed by atoms with Gasteiger partial charge in [0, 0.05) is 0 Å². The molecule has 0 fully saturated rings. The van der Waals surface area contributed by atoms with E-state index in [0.29, 0.717) is 0 Å². The van der Waals surface area contributed by atoms with Crippen molar-refractivity contribution in [3.05, 3.63) is 20.8 Å². The van der Waals surface area contributed by atoms with Crippen molar-refractivity contribution in [3.63, 3.8) is 0 Å². The van der Waals surface area contributed by atoms with Crippen LogP contribution in [0.4, 0.5) is 11.5 Å². The highest BCUT2D eigenvalue weighted by Gasteiger charge is 2.01. The summed E-state index contributed by atoms with van der Waals surface area (Å²) in [6.45, 7) is 0. The maximum absolute atomic E-state index is 10.7. The molecule has 0 aromatic carbocycles. The molecule has 1 rings (SSSR count). The quantitative estimate of drug-likeness (QED) is 0.236. The largest absolute Gasteiger partial charge is 0.391 e. The van der Waals surface area contributed by atoms with E-state index in [1.54, 1.807) is 0 Å². The smallest absolute Gasteiger partial charge is 0.327 e. The number of aromatic amines is 2. The van der Waals surface area contributed by atoms with Crippen LogP contribution >= 0.6 is 0 Å². The first kappa shape index (κ1) is 7.35. The minimum absolute atomic E-state index is 0.0127. The molecule has 7 N–H and O–H groups in total. The molecule has 0 amide bonds. The molecule has 1 heterocycles. The summed E-state index contributed by atoms with van der Waals surface area (Å²) in [5, 5.41) is 0. The van der Waals surface area contributed by atoms with Crippen molar-refractivity contribution >= 4 is 11.5 Å². The monoisotopic (exact) mass is 157 g/mol. The second kappa shape index (κ2) is 2.46. The Morgan fingerprint density at radius 1 is 1.27 bits per heavy atom. The van der Waals surface area contributed by atoms with Crippen LogP contribution in [-0.4, -0.2) is 9.97 Å². The van der Waals surface area contributed by atoms with Crippen LogP contribution in [0.5, 0.6) is 0 Å². The number of hydrogen-bond acceptors (Lipinski definition) is 5. The first-order valence-electron chi connectivity index (χ1n) is 2.74. The first-order valence-corrected chi connectivity index (χ1v) is 2.74. The van der Waals surface area contributed by atoms with Crippen molar-refractivity contribution in [2.75, 3.05) is 11.2 Å². The Bertz CT molecular complexity index is 363. The highest BCUT2D eigenvalue weighted by atomic mass is 16.2. The zero-order valence-corrected chi connectivity index (χ0v) is 5.47. The molecule has 1 aromatic heterocycles. The van der Waals surface area contributed by atoms with E-state index in [1.165, 1.54) is 0 Å². The Morgan fingerprint density at radius 3 is 2.45 bits per heavy atom. The average Bonchev–Trinajstić information content (AvgIpc) is 1.96. The van der Waals surface area contributed by atoms with Gasteiger partial charge in [-0.2, -0.15) is 0 Å². The summed E-state index contributed by atoms with van der Waals surface area (Å²) >= 11 is 0. The van der Waals surface area contributed by atoms with E-state index < -0.39 is 11.2 Å². The maximum atomic E-state index is 10.7. The normalized spacial score (nSPS) is 9.55. The van der Waals surface area contributed by atoms with Crippen LogP contribution in [0.25, 0.3) is 0 Å². The van der Waals surface area contributed by atoms with E-state index in [0.717, 1.165) is 0 Å². The Labute approximate surface area is 60.4 Å². The van der Waals surface area contributed by atoms with Crippen molar-refractivity contribution in [1.82, 2.24) is 9.97 Å². The predicted octanol–water partition coefficient (Wildman–Crippen LogP) is -2.07. The molecule has 0 unspecified atom stereocenters. The molecule has 0 saturated carbocycles. The summed E-state index contributed by atoms with van der Waals surface area (Å²) in [6, 6.07) is 0. The minimum Gasteiger partial charge on any atom is -0.391 e. The Hall–Kier alpha value is -1.76. The van der Waals surface area contributed by atoms with Crippen molar-refractivity contribution in [1.29, 1.82) is 0 Å².